The molecule has 0 saturated carbocycles. The first-order valence-corrected chi connectivity index (χ1v) is 5.07. The third-order valence-electron chi connectivity index (χ3n) is 2.81. The van der Waals surface area contributed by atoms with Crippen molar-refractivity contribution < 1.29 is 19.0 Å². The van der Waals surface area contributed by atoms with Gasteiger partial charge in [-0.3, -0.25) is 0 Å². The van der Waals surface area contributed by atoms with Gasteiger partial charge in [-0.2, -0.15) is 8.78 Å². The fourth-order valence-electron chi connectivity index (χ4n) is 1.93. The van der Waals surface area contributed by atoms with Gasteiger partial charge in [0.05, 0.1) is 0 Å². The number of aromatic hydroxyl groups is 1. The number of hydrogen-bond acceptors (Lipinski definition) is 2. The predicted molar refractivity (Wildman–Crippen MR) is 56.4 cm³/mol. The van der Waals surface area contributed by atoms with Crippen molar-refractivity contribution in [1.82, 2.24) is 0 Å². The number of alkyl halides is 2. The van der Waals surface area contributed by atoms with E-state index in [2.05, 4.69) is 0 Å². The Morgan fingerprint density at radius 3 is 2.69 bits per heavy atom. The molecule has 0 aromatic heterocycles. The van der Waals surface area contributed by atoms with E-state index >= 15 is 0 Å². The summed E-state index contributed by atoms with van der Waals surface area (Å²) in [6.45, 7) is 1.83. The Morgan fingerprint density at radius 2 is 2.06 bits per heavy atom. The smallest absolute Gasteiger partial charge is 0.302 e. The summed E-state index contributed by atoms with van der Waals surface area (Å²) in [7, 11) is 0. The first kappa shape index (κ1) is 11.1. The van der Waals surface area contributed by atoms with Gasteiger partial charge in [0.25, 0.3) is 0 Å². The van der Waals surface area contributed by atoms with E-state index in [0.29, 0.717) is 17.5 Å². The van der Waals surface area contributed by atoms with Crippen LogP contribution in [0.2, 0.25) is 0 Å². The van der Waals surface area contributed by atoms with Crippen molar-refractivity contribution in [1.29, 1.82) is 0 Å². The van der Waals surface area contributed by atoms with Crippen LogP contribution in [-0.4, -0.2) is 16.3 Å². The largest absolute Gasteiger partial charge is 0.508 e. The number of phenols is 1. The highest BCUT2D eigenvalue weighted by atomic mass is 19.3. The van der Waals surface area contributed by atoms with Crippen molar-refractivity contribution in [3.63, 3.8) is 0 Å². The lowest BCUT2D eigenvalue weighted by atomic mass is 9.88. The lowest BCUT2D eigenvalue weighted by Gasteiger charge is -2.27. The molecule has 1 aliphatic carbocycles. The molecular formula is C12H12F2O2. The number of aliphatic hydroxyl groups is 1. The summed E-state index contributed by atoms with van der Waals surface area (Å²) >= 11 is 0. The molecule has 0 saturated heterocycles. The van der Waals surface area contributed by atoms with Gasteiger partial charge in [-0.05, 0) is 35.8 Å². The number of benzene rings is 1. The molecule has 86 valence electrons. The average molecular weight is 226 g/mol. The summed E-state index contributed by atoms with van der Waals surface area (Å²) in [5, 5.41) is 18.6. The van der Waals surface area contributed by atoms with Crippen LogP contribution in [0.4, 0.5) is 8.78 Å². The minimum absolute atomic E-state index is 0.197. The summed E-state index contributed by atoms with van der Waals surface area (Å²) in [6, 6.07) is 2.48. The maximum atomic E-state index is 13.7. The quantitative estimate of drug-likeness (QED) is 0.772. The van der Waals surface area contributed by atoms with Gasteiger partial charge in [0.15, 0.2) is 0 Å². The van der Waals surface area contributed by atoms with Crippen molar-refractivity contribution >= 4 is 6.08 Å². The SMILES string of the molecule is CCc1cc(O)cc2c1C=CC(O)C2(F)F. The van der Waals surface area contributed by atoms with Crippen LogP contribution < -0.4 is 0 Å². The molecule has 2 rings (SSSR count). The molecule has 4 heteroatoms. The third-order valence-corrected chi connectivity index (χ3v) is 2.81. The molecule has 1 aromatic carbocycles. The maximum absolute atomic E-state index is 13.7. The second-order valence-electron chi connectivity index (χ2n) is 3.85. The lowest BCUT2D eigenvalue weighted by molar-refractivity contribution is -0.0941. The molecule has 1 atom stereocenters. The molecule has 0 fully saturated rings. The molecule has 0 spiro atoms. The Bertz CT molecular complexity index is 453. The zero-order valence-electron chi connectivity index (χ0n) is 8.74. The minimum Gasteiger partial charge on any atom is -0.508 e. The standard InChI is InChI=1S/C12H12F2O2/c1-2-7-5-8(15)6-10-9(7)3-4-11(16)12(10,13)14/h3-6,11,15-16H,2H2,1H3. The van der Waals surface area contributed by atoms with Gasteiger partial charge in [0, 0.05) is 5.56 Å². The molecule has 1 aliphatic rings. The summed E-state index contributed by atoms with van der Waals surface area (Å²) < 4.78 is 27.3. The predicted octanol–water partition coefficient (Wildman–Crippen LogP) is 2.43. The van der Waals surface area contributed by atoms with Gasteiger partial charge in [-0.15, -0.1) is 0 Å². The van der Waals surface area contributed by atoms with Gasteiger partial charge in [-0.25, -0.2) is 0 Å². The fraction of sp³-hybridized carbons (Fsp3) is 0.333. The highest BCUT2D eigenvalue weighted by molar-refractivity contribution is 5.64. The molecule has 16 heavy (non-hydrogen) atoms. The van der Waals surface area contributed by atoms with Gasteiger partial charge < -0.3 is 10.2 Å². The Balaban J connectivity index is 2.69. The molecule has 2 nitrogen and oxygen atoms in total. The minimum atomic E-state index is -3.34. The lowest BCUT2D eigenvalue weighted by Crippen LogP contribution is -2.32. The van der Waals surface area contributed by atoms with E-state index in [9.17, 15) is 19.0 Å². The van der Waals surface area contributed by atoms with Crippen LogP contribution >= 0.6 is 0 Å². The van der Waals surface area contributed by atoms with Crippen molar-refractivity contribution in [2.24, 2.45) is 0 Å². The van der Waals surface area contributed by atoms with Crippen LogP contribution in [0, 0.1) is 0 Å². The normalized spacial score (nSPS) is 21.9. The van der Waals surface area contributed by atoms with Crippen LogP contribution in [0.5, 0.6) is 5.75 Å². The maximum Gasteiger partial charge on any atom is 0.302 e. The number of aliphatic hydroxyl groups excluding tert-OH is 1. The second-order valence-corrected chi connectivity index (χ2v) is 3.85. The number of hydrogen-bond donors (Lipinski definition) is 2. The van der Waals surface area contributed by atoms with Crippen molar-refractivity contribution in [3.05, 3.63) is 34.9 Å². The van der Waals surface area contributed by atoms with Gasteiger partial charge >= 0.3 is 5.92 Å². The number of fused-ring (bicyclic) bond motifs is 1. The van der Waals surface area contributed by atoms with Crippen LogP contribution in [-0.2, 0) is 12.3 Å². The monoisotopic (exact) mass is 226 g/mol. The first-order valence-electron chi connectivity index (χ1n) is 5.07. The molecule has 1 unspecified atom stereocenters. The van der Waals surface area contributed by atoms with Gasteiger partial charge in [-0.1, -0.05) is 13.0 Å². The first-order chi connectivity index (χ1) is 7.46. The Hall–Kier alpha value is -1.42. The molecule has 2 N–H and O–H groups in total. The number of rotatable bonds is 1. The topological polar surface area (TPSA) is 40.5 Å². The molecule has 0 aliphatic heterocycles. The third kappa shape index (κ3) is 1.50. The zero-order valence-corrected chi connectivity index (χ0v) is 8.74. The van der Waals surface area contributed by atoms with Crippen molar-refractivity contribution in [2.75, 3.05) is 0 Å². The summed E-state index contributed by atoms with van der Waals surface area (Å²) in [4.78, 5) is 0. The Morgan fingerprint density at radius 1 is 1.38 bits per heavy atom. The summed E-state index contributed by atoms with van der Waals surface area (Å²) in [6.07, 6.45) is 1.29. The Kier molecular flexibility index (Phi) is 2.46. The zero-order chi connectivity index (χ0) is 11.9. The number of halogens is 2. The highest BCUT2D eigenvalue weighted by Gasteiger charge is 2.43. The van der Waals surface area contributed by atoms with Gasteiger partial charge in [0.1, 0.15) is 11.9 Å². The van der Waals surface area contributed by atoms with Crippen LogP contribution in [0.1, 0.15) is 23.6 Å². The second kappa shape index (κ2) is 3.56. The van der Waals surface area contributed by atoms with Crippen LogP contribution in [0.25, 0.3) is 6.08 Å². The van der Waals surface area contributed by atoms with Crippen molar-refractivity contribution in [2.45, 2.75) is 25.4 Å². The molecule has 1 aromatic rings. The molecular weight excluding hydrogens is 214 g/mol. The fourth-order valence-corrected chi connectivity index (χ4v) is 1.93. The molecule has 0 amide bonds. The molecule has 0 bridgehead atoms. The highest BCUT2D eigenvalue weighted by Crippen LogP contribution is 2.41. The van der Waals surface area contributed by atoms with Crippen molar-refractivity contribution in [3.8, 4) is 5.75 Å². The van der Waals surface area contributed by atoms with E-state index in [-0.39, 0.29) is 11.3 Å². The van der Waals surface area contributed by atoms with E-state index in [4.69, 9.17) is 0 Å². The number of aryl methyl sites for hydroxylation is 1. The van der Waals surface area contributed by atoms with E-state index in [1.807, 2.05) is 6.92 Å². The Labute approximate surface area is 91.8 Å². The van der Waals surface area contributed by atoms with E-state index in [1.165, 1.54) is 12.1 Å². The van der Waals surface area contributed by atoms with E-state index in [0.717, 1.165) is 12.1 Å². The number of phenolic OH excluding ortho intramolecular Hbond substituents is 1. The summed E-state index contributed by atoms with van der Waals surface area (Å²) in [5.74, 6) is -3.54. The van der Waals surface area contributed by atoms with E-state index < -0.39 is 12.0 Å². The summed E-state index contributed by atoms with van der Waals surface area (Å²) in [5.41, 5.74) is 0.743. The average Bonchev–Trinajstić information content (AvgIpc) is 2.23. The van der Waals surface area contributed by atoms with Crippen LogP contribution in [0.3, 0.4) is 0 Å². The molecule has 0 heterocycles. The van der Waals surface area contributed by atoms with Gasteiger partial charge in [0.2, 0.25) is 0 Å². The molecule has 0 radical (unpaired) electrons. The van der Waals surface area contributed by atoms with Crippen LogP contribution in [0.15, 0.2) is 18.2 Å². The van der Waals surface area contributed by atoms with E-state index in [1.54, 1.807) is 0 Å².